The van der Waals surface area contributed by atoms with Gasteiger partial charge in [-0.2, -0.15) is 0 Å². The Morgan fingerprint density at radius 2 is 1.64 bits per heavy atom. The number of ether oxygens (including phenoxy) is 1. The second-order valence-electron chi connectivity index (χ2n) is 4.35. The Morgan fingerprint density at radius 3 is 1.86 bits per heavy atom. The third-order valence-electron chi connectivity index (χ3n) is 2.63. The average Bonchev–Trinajstić information content (AvgIpc) is 2.11. The summed E-state index contributed by atoms with van der Waals surface area (Å²) in [5.74, 6) is 0.534. The van der Waals surface area contributed by atoms with Crippen molar-refractivity contribution < 1.29 is 9.53 Å². The van der Waals surface area contributed by atoms with E-state index in [1.54, 1.807) is 0 Å². The highest BCUT2D eigenvalue weighted by Crippen LogP contribution is 2.22. The minimum absolute atomic E-state index is 0.0648. The first-order valence-electron chi connectivity index (χ1n) is 5.20. The summed E-state index contributed by atoms with van der Waals surface area (Å²) in [4.78, 5) is 11.6. The highest BCUT2D eigenvalue weighted by atomic mass is 16.5. The minimum Gasteiger partial charge on any atom is -0.469 e. The maximum absolute atomic E-state index is 11.6. The Kier molecular flexibility index (Phi) is 5.77. The summed E-state index contributed by atoms with van der Waals surface area (Å²) in [6.07, 6.45) is 0. The van der Waals surface area contributed by atoms with Crippen LogP contribution >= 0.6 is 0 Å². The SMILES string of the molecule is CNC(C(C)C)C(C(=O)OC)C(C)C. The summed E-state index contributed by atoms with van der Waals surface area (Å²) < 4.78 is 4.83. The molecular formula is C11H23NO2. The molecule has 0 aromatic rings. The van der Waals surface area contributed by atoms with Crippen molar-refractivity contribution in [1.82, 2.24) is 5.32 Å². The fourth-order valence-corrected chi connectivity index (χ4v) is 1.90. The molecule has 0 saturated carbocycles. The summed E-state index contributed by atoms with van der Waals surface area (Å²) >= 11 is 0. The van der Waals surface area contributed by atoms with Crippen LogP contribution < -0.4 is 5.32 Å². The lowest BCUT2D eigenvalue weighted by Gasteiger charge is -2.30. The van der Waals surface area contributed by atoms with Crippen molar-refractivity contribution in [2.75, 3.05) is 14.2 Å². The van der Waals surface area contributed by atoms with Gasteiger partial charge in [-0.3, -0.25) is 4.79 Å². The molecule has 0 radical (unpaired) electrons. The standard InChI is InChI=1S/C11H23NO2/c1-7(2)9(11(13)14-6)10(12-5)8(3)4/h7-10,12H,1-6H3. The van der Waals surface area contributed by atoms with Crippen LogP contribution in [0.5, 0.6) is 0 Å². The molecule has 0 amide bonds. The summed E-state index contributed by atoms with van der Waals surface area (Å²) in [7, 11) is 3.34. The number of esters is 1. The van der Waals surface area contributed by atoms with Crippen LogP contribution in [0, 0.1) is 17.8 Å². The molecule has 0 rings (SSSR count). The van der Waals surface area contributed by atoms with E-state index in [1.807, 2.05) is 20.9 Å². The van der Waals surface area contributed by atoms with E-state index in [9.17, 15) is 4.79 Å². The zero-order valence-electron chi connectivity index (χ0n) is 10.1. The molecule has 84 valence electrons. The largest absolute Gasteiger partial charge is 0.469 e. The van der Waals surface area contributed by atoms with Crippen LogP contribution in [0.2, 0.25) is 0 Å². The zero-order valence-corrected chi connectivity index (χ0v) is 10.1. The van der Waals surface area contributed by atoms with Crippen molar-refractivity contribution in [3.63, 3.8) is 0 Å². The number of carbonyl (C=O) groups excluding carboxylic acids is 1. The van der Waals surface area contributed by atoms with Gasteiger partial charge in [0.05, 0.1) is 13.0 Å². The fraction of sp³-hybridized carbons (Fsp3) is 0.909. The van der Waals surface area contributed by atoms with Crippen LogP contribution in [-0.2, 0) is 9.53 Å². The normalized spacial score (nSPS) is 15.7. The molecule has 0 heterocycles. The van der Waals surface area contributed by atoms with E-state index in [0.29, 0.717) is 11.8 Å². The Morgan fingerprint density at radius 1 is 1.14 bits per heavy atom. The van der Waals surface area contributed by atoms with Gasteiger partial charge in [-0.25, -0.2) is 0 Å². The van der Waals surface area contributed by atoms with Crippen molar-refractivity contribution in [1.29, 1.82) is 0 Å². The Bertz CT molecular complexity index is 178. The summed E-state index contributed by atoms with van der Waals surface area (Å²) in [5.41, 5.74) is 0. The molecule has 0 aliphatic rings. The van der Waals surface area contributed by atoms with Crippen molar-refractivity contribution >= 4 is 5.97 Å². The number of methoxy groups -OCH3 is 1. The first-order valence-corrected chi connectivity index (χ1v) is 5.20. The lowest BCUT2D eigenvalue weighted by Crippen LogP contribution is -2.44. The monoisotopic (exact) mass is 201 g/mol. The molecule has 0 aliphatic heterocycles. The topological polar surface area (TPSA) is 38.3 Å². The summed E-state index contributed by atoms with van der Waals surface area (Å²) in [6.45, 7) is 8.32. The molecule has 0 aliphatic carbocycles. The highest BCUT2D eigenvalue weighted by molar-refractivity contribution is 5.73. The Hall–Kier alpha value is -0.570. The molecule has 0 saturated heterocycles. The van der Waals surface area contributed by atoms with Gasteiger partial charge in [0.15, 0.2) is 0 Å². The number of carbonyl (C=O) groups is 1. The van der Waals surface area contributed by atoms with E-state index in [-0.39, 0.29) is 17.9 Å². The van der Waals surface area contributed by atoms with Crippen LogP contribution in [-0.4, -0.2) is 26.2 Å². The maximum Gasteiger partial charge on any atom is 0.310 e. The second-order valence-corrected chi connectivity index (χ2v) is 4.35. The van der Waals surface area contributed by atoms with Crippen LogP contribution in [0.15, 0.2) is 0 Å². The van der Waals surface area contributed by atoms with E-state index in [4.69, 9.17) is 4.74 Å². The van der Waals surface area contributed by atoms with Gasteiger partial charge in [-0.15, -0.1) is 0 Å². The molecular weight excluding hydrogens is 178 g/mol. The van der Waals surface area contributed by atoms with Crippen LogP contribution in [0.3, 0.4) is 0 Å². The van der Waals surface area contributed by atoms with Crippen molar-refractivity contribution in [2.45, 2.75) is 33.7 Å². The molecule has 2 unspecified atom stereocenters. The quantitative estimate of drug-likeness (QED) is 0.688. The average molecular weight is 201 g/mol. The highest BCUT2D eigenvalue weighted by Gasteiger charge is 2.32. The Balaban J connectivity index is 4.69. The van der Waals surface area contributed by atoms with E-state index in [0.717, 1.165) is 0 Å². The van der Waals surface area contributed by atoms with Crippen molar-refractivity contribution in [2.24, 2.45) is 17.8 Å². The van der Waals surface area contributed by atoms with Crippen LogP contribution in [0.1, 0.15) is 27.7 Å². The summed E-state index contributed by atoms with van der Waals surface area (Å²) in [5, 5.41) is 3.20. The van der Waals surface area contributed by atoms with Crippen molar-refractivity contribution in [3.8, 4) is 0 Å². The second kappa shape index (κ2) is 6.02. The number of rotatable bonds is 5. The smallest absolute Gasteiger partial charge is 0.310 e. The van der Waals surface area contributed by atoms with Crippen LogP contribution in [0.4, 0.5) is 0 Å². The molecule has 14 heavy (non-hydrogen) atoms. The van der Waals surface area contributed by atoms with Gasteiger partial charge in [0, 0.05) is 6.04 Å². The number of hydrogen-bond acceptors (Lipinski definition) is 3. The molecule has 3 heteroatoms. The predicted molar refractivity (Wildman–Crippen MR) is 58.0 cm³/mol. The number of nitrogens with one attached hydrogen (secondary N) is 1. The maximum atomic E-state index is 11.6. The predicted octanol–water partition coefficient (Wildman–Crippen LogP) is 1.68. The van der Waals surface area contributed by atoms with Gasteiger partial charge < -0.3 is 10.1 Å². The van der Waals surface area contributed by atoms with Gasteiger partial charge in [0.25, 0.3) is 0 Å². The lowest BCUT2D eigenvalue weighted by molar-refractivity contribution is -0.148. The molecule has 0 fully saturated rings. The van der Waals surface area contributed by atoms with E-state index < -0.39 is 0 Å². The van der Waals surface area contributed by atoms with E-state index in [1.165, 1.54) is 7.11 Å². The first-order chi connectivity index (χ1) is 6.45. The lowest BCUT2D eigenvalue weighted by atomic mass is 9.83. The van der Waals surface area contributed by atoms with Gasteiger partial charge in [-0.05, 0) is 18.9 Å². The van der Waals surface area contributed by atoms with Gasteiger partial charge in [-0.1, -0.05) is 27.7 Å². The zero-order chi connectivity index (χ0) is 11.3. The third-order valence-corrected chi connectivity index (χ3v) is 2.63. The molecule has 0 spiro atoms. The molecule has 0 bridgehead atoms. The molecule has 2 atom stereocenters. The molecule has 0 aromatic heterocycles. The van der Waals surface area contributed by atoms with E-state index >= 15 is 0 Å². The van der Waals surface area contributed by atoms with Crippen molar-refractivity contribution in [3.05, 3.63) is 0 Å². The fourth-order valence-electron chi connectivity index (χ4n) is 1.90. The van der Waals surface area contributed by atoms with Crippen LogP contribution in [0.25, 0.3) is 0 Å². The van der Waals surface area contributed by atoms with E-state index in [2.05, 4.69) is 19.2 Å². The minimum atomic E-state index is -0.118. The van der Waals surface area contributed by atoms with Gasteiger partial charge >= 0.3 is 5.97 Å². The molecule has 1 N–H and O–H groups in total. The third kappa shape index (κ3) is 3.29. The summed E-state index contributed by atoms with van der Waals surface area (Å²) in [6, 6.07) is 0.183. The molecule has 0 aromatic carbocycles. The van der Waals surface area contributed by atoms with Gasteiger partial charge in [0.1, 0.15) is 0 Å². The Labute approximate surface area is 87.2 Å². The molecule has 3 nitrogen and oxygen atoms in total. The number of hydrogen-bond donors (Lipinski definition) is 1. The van der Waals surface area contributed by atoms with Gasteiger partial charge in [0.2, 0.25) is 0 Å². The first kappa shape index (κ1) is 13.4.